The quantitative estimate of drug-likeness (QED) is 0.681. The van der Waals surface area contributed by atoms with Crippen LogP contribution in [0.1, 0.15) is 55.7 Å². The Morgan fingerprint density at radius 3 is 2.29 bits per heavy atom. The van der Waals surface area contributed by atoms with Crippen LogP contribution in [-0.2, 0) is 16.8 Å². The van der Waals surface area contributed by atoms with Crippen LogP contribution in [0.5, 0.6) is 0 Å². The first kappa shape index (κ1) is 21.0. The molecule has 1 aliphatic heterocycles. The molecule has 3 heteroatoms. The lowest BCUT2D eigenvalue weighted by Crippen LogP contribution is -2.45. The van der Waals surface area contributed by atoms with E-state index in [0.717, 1.165) is 64.1 Å². The molecule has 0 aliphatic carbocycles. The van der Waals surface area contributed by atoms with Gasteiger partial charge in [-0.05, 0) is 29.5 Å². The van der Waals surface area contributed by atoms with Crippen molar-refractivity contribution in [1.82, 2.24) is 4.90 Å². The van der Waals surface area contributed by atoms with Crippen molar-refractivity contribution in [1.29, 1.82) is 0 Å². The Morgan fingerprint density at radius 1 is 1.00 bits per heavy atom. The lowest BCUT2D eigenvalue weighted by molar-refractivity contribution is -0.0293. The van der Waals surface area contributed by atoms with Gasteiger partial charge in [0.05, 0.1) is 18.8 Å². The topological polar surface area (TPSA) is 32.7 Å². The summed E-state index contributed by atoms with van der Waals surface area (Å²) in [4.78, 5) is 2.44. The van der Waals surface area contributed by atoms with E-state index >= 15 is 0 Å². The summed E-state index contributed by atoms with van der Waals surface area (Å²) in [6.45, 7) is 8.64. The predicted octanol–water partition coefficient (Wildman–Crippen LogP) is 4.74. The van der Waals surface area contributed by atoms with Crippen LogP contribution in [0.4, 0.5) is 0 Å². The van der Waals surface area contributed by atoms with Gasteiger partial charge in [0, 0.05) is 25.6 Å². The zero-order chi connectivity index (χ0) is 19.8. The van der Waals surface area contributed by atoms with Gasteiger partial charge < -0.3 is 9.84 Å². The zero-order valence-electron chi connectivity index (χ0n) is 17.4. The molecule has 0 bridgehead atoms. The number of benzene rings is 2. The Morgan fingerprint density at radius 2 is 1.68 bits per heavy atom. The average molecular weight is 382 g/mol. The lowest BCUT2D eigenvalue weighted by atomic mass is 9.73. The van der Waals surface area contributed by atoms with Gasteiger partial charge in [0.2, 0.25) is 0 Å². The van der Waals surface area contributed by atoms with E-state index in [-0.39, 0.29) is 5.92 Å². The van der Waals surface area contributed by atoms with E-state index in [0.29, 0.717) is 0 Å². The molecule has 0 radical (unpaired) electrons. The molecule has 3 rings (SSSR count). The van der Waals surface area contributed by atoms with Gasteiger partial charge in [-0.1, -0.05) is 81.3 Å². The molecule has 1 fully saturated rings. The Hall–Kier alpha value is -1.68. The second-order valence-electron chi connectivity index (χ2n) is 7.95. The van der Waals surface area contributed by atoms with E-state index in [1.165, 1.54) is 11.1 Å². The van der Waals surface area contributed by atoms with E-state index in [1.807, 2.05) is 0 Å². The number of rotatable bonds is 9. The first-order valence-electron chi connectivity index (χ1n) is 10.8. The maximum absolute atomic E-state index is 12.2. The fraction of sp³-hybridized carbons (Fsp3) is 0.520. The second-order valence-corrected chi connectivity index (χ2v) is 7.95. The van der Waals surface area contributed by atoms with Gasteiger partial charge in [-0.3, -0.25) is 4.90 Å². The fourth-order valence-corrected chi connectivity index (χ4v) is 4.25. The number of hydrogen-bond acceptors (Lipinski definition) is 3. The Balaban J connectivity index is 1.98. The van der Waals surface area contributed by atoms with Crippen LogP contribution >= 0.6 is 0 Å². The van der Waals surface area contributed by atoms with E-state index in [2.05, 4.69) is 73.3 Å². The maximum atomic E-state index is 12.2. The van der Waals surface area contributed by atoms with Crippen molar-refractivity contribution < 1.29 is 9.84 Å². The van der Waals surface area contributed by atoms with Crippen molar-refractivity contribution in [2.24, 2.45) is 0 Å². The normalized spacial score (nSPS) is 18.5. The highest BCUT2D eigenvalue weighted by molar-refractivity contribution is 5.33. The molecule has 0 amide bonds. The second kappa shape index (κ2) is 10.2. The number of unbranched alkanes of at least 4 members (excludes halogenated alkanes) is 1. The third kappa shape index (κ3) is 5.02. The van der Waals surface area contributed by atoms with Crippen molar-refractivity contribution >= 4 is 0 Å². The van der Waals surface area contributed by atoms with E-state index in [4.69, 9.17) is 4.74 Å². The van der Waals surface area contributed by atoms with Crippen molar-refractivity contribution in [3.63, 3.8) is 0 Å². The monoisotopic (exact) mass is 381 g/mol. The zero-order valence-corrected chi connectivity index (χ0v) is 17.4. The molecule has 2 aromatic carbocycles. The first-order chi connectivity index (χ1) is 13.7. The molecule has 2 aromatic rings. The molecule has 2 atom stereocenters. The molecule has 1 saturated heterocycles. The summed E-state index contributed by atoms with van der Waals surface area (Å²) >= 11 is 0. The van der Waals surface area contributed by atoms with Gasteiger partial charge >= 0.3 is 0 Å². The third-order valence-corrected chi connectivity index (χ3v) is 6.10. The summed E-state index contributed by atoms with van der Waals surface area (Å²) in [6.07, 6.45) is 3.88. The smallest absolute Gasteiger partial charge is 0.0977 e. The number of aliphatic hydroxyl groups is 1. The van der Waals surface area contributed by atoms with Crippen molar-refractivity contribution in [3.05, 3.63) is 71.3 Å². The highest BCUT2D eigenvalue weighted by Gasteiger charge is 2.40. The fourth-order valence-electron chi connectivity index (χ4n) is 4.25. The van der Waals surface area contributed by atoms with Gasteiger partial charge in [0.1, 0.15) is 0 Å². The van der Waals surface area contributed by atoms with Crippen molar-refractivity contribution in [2.75, 3.05) is 32.8 Å². The van der Waals surface area contributed by atoms with Crippen LogP contribution in [0.3, 0.4) is 0 Å². The van der Waals surface area contributed by atoms with Crippen LogP contribution in [0.2, 0.25) is 0 Å². The molecule has 1 N–H and O–H groups in total. The maximum Gasteiger partial charge on any atom is 0.0977 e. The molecule has 1 heterocycles. The molecule has 0 saturated carbocycles. The lowest BCUT2D eigenvalue weighted by Gasteiger charge is -2.41. The van der Waals surface area contributed by atoms with Crippen LogP contribution in [-0.4, -0.2) is 42.9 Å². The molecule has 0 unspecified atom stereocenters. The predicted molar refractivity (Wildman–Crippen MR) is 116 cm³/mol. The van der Waals surface area contributed by atoms with Crippen LogP contribution in [0, 0.1) is 0 Å². The number of morpholine rings is 1. The standard InChI is InChI=1S/C25H35NO2/c1-3-5-15-25(27,23-13-11-21(4-2)12-14-23)24(22-9-7-6-8-10-22)20-26-16-18-28-19-17-26/h6-14,24,27H,3-5,15-20H2,1-2H3/t24-,25-/m0/s1. The van der Waals surface area contributed by atoms with Gasteiger partial charge in [-0.2, -0.15) is 0 Å². The molecule has 152 valence electrons. The summed E-state index contributed by atoms with van der Waals surface area (Å²) in [7, 11) is 0. The summed E-state index contributed by atoms with van der Waals surface area (Å²) < 4.78 is 5.54. The molecule has 3 nitrogen and oxygen atoms in total. The van der Waals surface area contributed by atoms with Crippen LogP contribution < -0.4 is 0 Å². The van der Waals surface area contributed by atoms with E-state index in [1.54, 1.807) is 0 Å². The average Bonchev–Trinajstić information content (AvgIpc) is 2.77. The van der Waals surface area contributed by atoms with Crippen LogP contribution in [0.25, 0.3) is 0 Å². The summed E-state index contributed by atoms with van der Waals surface area (Å²) in [5.74, 6) is 0.0332. The van der Waals surface area contributed by atoms with Crippen molar-refractivity contribution in [3.8, 4) is 0 Å². The van der Waals surface area contributed by atoms with Crippen LogP contribution in [0.15, 0.2) is 54.6 Å². The highest BCUT2D eigenvalue weighted by Crippen LogP contribution is 2.42. The number of hydrogen-bond donors (Lipinski definition) is 1. The summed E-state index contributed by atoms with van der Waals surface area (Å²) in [6, 6.07) is 19.2. The Bertz CT molecular complexity index is 694. The van der Waals surface area contributed by atoms with Gasteiger partial charge in [-0.15, -0.1) is 0 Å². The largest absolute Gasteiger partial charge is 0.384 e. The number of ether oxygens (including phenoxy) is 1. The Kier molecular flexibility index (Phi) is 7.66. The summed E-state index contributed by atoms with van der Waals surface area (Å²) in [5, 5.41) is 12.2. The Labute approximate surface area is 170 Å². The molecule has 0 aromatic heterocycles. The number of aryl methyl sites for hydroxylation is 1. The van der Waals surface area contributed by atoms with Crippen molar-refractivity contribution in [2.45, 2.75) is 51.0 Å². The third-order valence-electron chi connectivity index (χ3n) is 6.10. The number of nitrogens with zero attached hydrogens (tertiary/aromatic N) is 1. The molecular formula is C25H35NO2. The highest BCUT2D eigenvalue weighted by atomic mass is 16.5. The minimum absolute atomic E-state index is 0.0332. The van der Waals surface area contributed by atoms with E-state index in [9.17, 15) is 5.11 Å². The van der Waals surface area contributed by atoms with Gasteiger partial charge in [-0.25, -0.2) is 0 Å². The first-order valence-corrected chi connectivity index (χ1v) is 10.8. The summed E-state index contributed by atoms with van der Waals surface area (Å²) in [5.41, 5.74) is 2.69. The molecule has 1 aliphatic rings. The SMILES string of the molecule is CCCC[C@](O)(c1ccc(CC)cc1)[C@@H](CN1CCOCC1)c1ccccc1. The van der Waals surface area contributed by atoms with Gasteiger partial charge in [0.25, 0.3) is 0 Å². The minimum Gasteiger partial charge on any atom is -0.384 e. The van der Waals surface area contributed by atoms with E-state index < -0.39 is 5.60 Å². The molecule has 0 spiro atoms. The molecule has 28 heavy (non-hydrogen) atoms. The minimum atomic E-state index is -0.873. The van der Waals surface area contributed by atoms with Gasteiger partial charge in [0.15, 0.2) is 0 Å². The molecular weight excluding hydrogens is 346 g/mol.